The van der Waals surface area contributed by atoms with Gasteiger partial charge in [0, 0.05) is 50.4 Å². The summed E-state index contributed by atoms with van der Waals surface area (Å²) in [6, 6.07) is 14.5. The molecule has 1 spiro atoms. The van der Waals surface area contributed by atoms with Gasteiger partial charge in [0.2, 0.25) is 11.8 Å². The molecule has 0 radical (unpaired) electrons. The Morgan fingerprint density at radius 1 is 1.02 bits per heavy atom. The van der Waals surface area contributed by atoms with Gasteiger partial charge in [0.15, 0.2) is 0 Å². The number of nitrogens with one attached hydrogen (secondary N) is 1. The van der Waals surface area contributed by atoms with E-state index >= 15 is 0 Å². The number of piperidine rings is 2. The molecule has 3 aliphatic rings. The number of benzene rings is 1. The van der Waals surface area contributed by atoms with Crippen LogP contribution in [0, 0.1) is 5.41 Å². The Balaban J connectivity index is 1.16. The minimum absolute atomic E-state index is 0.179. The largest absolute Gasteiger partial charge is 0.491 e. The Kier molecular flexibility index (Phi) is 9.74. The van der Waals surface area contributed by atoms with Crippen LogP contribution in [0.25, 0.3) is 0 Å². The van der Waals surface area contributed by atoms with Crippen molar-refractivity contribution in [2.75, 3.05) is 46.4 Å². The lowest BCUT2D eigenvalue weighted by Gasteiger charge is -2.42. The Morgan fingerprint density at radius 2 is 1.88 bits per heavy atom. The van der Waals surface area contributed by atoms with Gasteiger partial charge in [-0.25, -0.2) is 0 Å². The molecule has 0 bridgehead atoms. The number of pyridine rings is 1. The fraction of sp³-hybridized carbons (Fsp3) is 0.606. The van der Waals surface area contributed by atoms with Gasteiger partial charge in [-0.15, -0.1) is 0 Å². The van der Waals surface area contributed by atoms with Crippen molar-refractivity contribution >= 4 is 11.8 Å². The maximum atomic E-state index is 13.8. The van der Waals surface area contributed by atoms with E-state index in [4.69, 9.17) is 9.72 Å². The average Bonchev–Trinajstić information content (AvgIpc) is 3.01. The van der Waals surface area contributed by atoms with Crippen LogP contribution in [0.5, 0.6) is 5.75 Å². The topological polar surface area (TPSA) is 74.8 Å². The van der Waals surface area contributed by atoms with Crippen LogP contribution in [0.2, 0.25) is 0 Å². The molecule has 3 aliphatic heterocycles. The average molecular weight is 547 g/mol. The summed E-state index contributed by atoms with van der Waals surface area (Å²) < 4.78 is 6.09. The molecular weight excluding hydrogens is 500 g/mol. The van der Waals surface area contributed by atoms with Crippen molar-refractivity contribution in [3.05, 3.63) is 59.4 Å². The van der Waals surface area contributed by atoms with Crippen LogP contribution >= 0.6 is 0 Å². The third-order valence-corrected chi connectivity index (χ3v) is 9.27. The lowest BCUT2D eigenvalue weighted by atomic mass is 9.73. The molecule has 2 saturated heterocycles. The molecule has 216 valence electrons. The number of ether oxygens (including phenoxy) is 1. The molecule has 2 aromatic rings. The minimum atomic E-state index is -0.379. The van der Waals surface area contributed by atoms with E-state index in [0.29, 0.717) is 45.0 Å². The summed E-state index contributed by atoms with van der Waals surface area (Å²) in [7, 11) is 1.90. The van der Waals surface area contributed by atoms with Crippen molar-refractivity contribution < 1.29 is 14.3 Å². The normalized spacial score (nSPS) is 22.4. The van der Waals surface area contributed by atoms with Crippen molar-refractivity contribution in [2.45, 2.75) is 76.5 Å². The summed E-state index contributed by atoms with van der Waals surface area (Å²) in [5.74, 6) is 1.81. The number of carbonyl (C=O) groups excluding carboxylic acids is 2. The van der Waals surface area contributed by atoms with E-state index in [0.717, 1.165) is 75.2 Å². The van der Waals surface area contributed by atoms with Crippen LogP contribution < -0.4 is 10.1 Å². The zero-order valence-electron chi connectivity index (χ0n) is 24.2. The molecule has 1 aromatic heterocycles. The van der Waals surface area contributed by atoms with Gasteiger partial charge in [-0.2, -0.15) is 0 Å². The number of para-hydroxylation sites is 1. The fourth-order valence-electron chi connectivity index (χ4n) is 6.72. The second-order valence-corrected chi connectivity index (χ2v) is 12.0. The predicted octanol–water partition coefficient (Wildman–Crippen LogP) is 4.74. The number of nitrogens with zero attached hydrogens (tertiary/aromatic N) is 3. The van der Waals surface area contributed by atoms with Crippen molar-refractivity contribution in [2.24, 2.45) is 5.41 Å². The molecule has 1 atom stereocenters. The SMILES string of the molecule is CN1CCOc2ccccc2CCCCCC2(CCN(C(=O)CCc3cccc(C4CCCNC4)n3)CC2)C1=O. The summed E-state index contributed by atoms with van der Waals surface area (Å²) in [4.78, 5) is 35.7. The lowest BCUT2D eigenvalue weighted by Crippen LogP contribution is -2.51. The van der Waals surface area contributed by atoms with Gasteiger partial charge in [0.05, 0.1) is 12.0 Å². The Labute approximate surface area is 239 Å². The number of likely N-dealkylation sites (tertiary alicyclic amines) is 1. The molecule has 1 unspecified atom stereocenters. The van der Waals surface area contributed by atoms with Gasteiger partial charge in [-0.3, -0.25) is 14.6 Å². The van der Waals surface area contributed by atoms with Crippen LogP contribution in [0.3, 0.4) is 0 Å². The number of fused-ring (bicyclic) bond motifs is 1. The zero-order valence-corrected chi connectivity index (χ0v) is 24.2. The third kappa shape index (κ3) is 7.03. The standard InChI is InChI=1S/C33H46N4O3/c1-36-23-24-40-30-14-5-4-10-26(30)9-3-2-6-17-33(32(36)39)18-21-37(22-19-33)31(38)16-15-28-12-7-13-29(35-28)27-11-8-20-34-25-27/h4-5,7,10,12-14,27,34H,2-3,6,8-9,11,15-25H2,1H3. The predicted molar refractivity (Wildman–Crippen MR) is 157 cm³/mol. The van der Waals surface area contributed by atoms with E-state index in [1.165, 1.54) is 18.4 Å². The van der Waals surface area contributed by atoms with Crippen LogP contribution in [-0.2, 0) is 22.4 Å². The summed E-state index contributed by atoms with van der Waals surface area (Å²) in [5, 5.41) is 3.47. The maximum absolute atomic E-state index is 13.8. The molecular formula is C33H46N4O3. The Morgan fingerprint density at radius 3 is 2.70 bits per heavy atom. The minimum Gasteiger partial charge on any atom is -0.491 e. The Hall–Kier alpha value is -2.93. The molecule has 7 heteroatoms. The highest BCUT2D eigenvalue weighted by molar-refractivity contribution is 5.83. The van der Waals surface area contributed by atoms with Gasteiger partial charge in [-0.1, -0.05) is 37.1 Å². The highest BCUT2D eigenvalue weighted by Gasteiger charge is 2.43. The van der Waals surface area contributed by atoms with Crippen molar-refractivity contribution in [1.82, 2.24) is 20.1 Å². The number of hydrogen-bond donors (Lipinski definition) is 1. The van der Waals surface area contributed by atoms with E-state index in [1.54, 1.807) is 0 Å². The number of rotatable bonds is 4. The van der Waals surface area contributed by atoms with E-state index in [-0.39, 0.29) is 17.2 Å². The third-order valence-electron chi connectivity index (χ3n) is 9.27. The van der Waals surface area contributed by atoms with Gasteiger partial charge in [0.25, 0.3) is 0 Å². The second kappa shape index (κ2) is 13.6. The van der Waals surface area contributed by atoms with Gasteiger partial charge >= 0.3 is 0 Å². The quantitative estimate of drug-likeness (QED) is 0.600. The number of amides is 2. The molecule has 1 aromatic carbocycles. The van der Waals surface area contributed by atoms with E-state index in [9.17, 15) is 9.59 Å². The number of aromatic nitrogens is 1. The zero-order chi connectivity index (χ0) is 27.8. The fourth-order valence-corrected chi connectivity index (χ4v) is 6.72. The summed E-state index contributed by atoms with van der Waals surface area (Å²) in [6.07, 6.45) is 10.1. The van der Waals surface area contributed by atoms with Crippen LogP contribution in [0.1, 0.15) is 80.7 Å². The molecule has 7 nitrogen and oxygen atoms in total. The number of carbonyl (C=O) groups is 2. The van der Waals surface area contributed by atoms with Crippen molar-refractivity contribution in [3.63, 3.8) is 0 Å². The van der Waals surface area contributed by atoms with Gasteiger partial charge < -0.3 is 19.9 Å². The first-order valence-electron chi connectivity index (χ1n) is 15.4. The highest BCUT2D eigenvalue weighted by Crippen LogP contribution is 2.39. The van der Waals surface area contributed by atoms with Crippen LogP contribution in [0.4, 0.5) is 0 Å². The molecule has 2 fully saturated rings. The molecule has 40 heavy (non-hydrogen) atoms. The summed E-state index contributed by atoms with van der Waals surface area (Å²) >= 11 is 0. The summed E-state index contributed by atoms with van der Waals surface area (Å²) in [5.41, 5.74) is 3.02. The van der Waals surface area contributed by atoms with Crippen molar-refractivity contribution in [3.8, 4) is 5.75 Å². The number of likely N-dealkylation sites (N-methyl/N-ethyl adjacent to an activating group) is 1. The number of aryl methyl sites for hydroxylation is 2. The molecule has 0 saturated carbocycles. The molecule has 4 heterocycles. The summed E-state index contributed by atoms with van der Waals surface area (Å²) in [6.45, 7) is 4.45. The maximum Gasteiger partial charge on any atom is 0.228 e. The van der Waals surface area contributed by atoms with Gasteiger partial charge in [-0.05, 0) is 81.7 Å². The van der Waals surface area contributed by atoms with Gasteiger partial charge in [0.1, 0.15) is 12.4 Å². The second-order valence-electron chi connectivity index (χ2n) is 12.0. The Bertz CT molecular complexity index is 1140. The first-order valence-corrected chi connectivity index (χ1v) is 15.4. The molecule has 1 N–H and O–H groups in total. The van der Waals surface area contributed by atoms with Crippen LogP contribution in [0.15, 0.2) is 42.5 Å². The first kappa shape index (κ1) is 28.6. The van der Waals surface area contributed by atoms with E-state index in [2.05, 4.69) is 29.6 Å². The molecule has 0 aliphatic carbocycles. The molecule has 5 rings (SSSR count). The van der Waals surface area contributed by atoms with Crippen molar-refractivity contribution in [1.29, 1.82) is 0 Å². The highest BCUT2D eigenvalue weighted by atomic mass is 16.5. The smallest absolute Gasteiger partial charge is 0.228 e. The van der Waals surface area contributed by atoms with E-state index < -0.39 is 0 Å². The monoisotopic (exact) mass is 546 g/mol. The van der Waals surface area contributed by atoms with Crippen LogP contribution in [-0.4, -0.2) is 73.0 Å². The van der Waals surface area contributed by atoms with E-state index in [1.807, 2.05) is 35.0 Å². The number of hydrogen-bond acceptors (Lipinski definition) is 5. The first-order chi connectivity index (χ1) is 19.5. The lowest BCUT2D eigenvalue weighted by molar-refractivity contribution is -0.148. The molecule has 2 amide bonds.